The lowest BCUT2D eigenvalue weighted by Gasteiger charge is -2.32. The molecule has 5 heteroatoms. The van der Waals surface area contributed by atoms with Gasteiger partial charge in [0.15, 0.2) is 0 Å². The van der Waals surface area contributed by atoms with Gasteiger partial charge in [0.2, 0.25) is 5.91 Å². The van der Waals surface area contributed by atoms with Crippen molar-refractivity contribution in [1.29, 1.82) is 0 Å². The van der Waals surface area contributed by atoms with Crippen molar-refractivity contribution in [3.8, 4) is 0 Å². The molecule has 0 bridgehead atoms. The van der Waals surface area contributed by atoms with Crippen LogP contribution in [0.1, 0.15) is 29.6 Å². The summed E-state index contributed by atoms with van der Waals surface area (Å²) in [6.07, 6.45) is 3.73. The standard InChI is InChI=1S/C14H22N4O/c1-18-7-3-2-4-11(18)9-17-13-8-10(14(16)19)5-6-12(13)15/h5-6,8,11,17H,2-4,7,9,15H2,1H3,(H2,16,19). The van der Waals surface area contributed by atoms with Crippen LogP contribution in [0.5, 0.6) is 0 Å². The Morgan fingerprint density at radius 2 is 2.26 bits per heavy atom. The molecule has 104 valence electrons. The van der Waals surface area contributed by atoms with Crippen molar-refractivity contribution in [3.63, 3.8) is 0 Å². The molecule has 2 rings (SSSR count). The van der Waals surface area contributed by atoms with E-state index >= 15 is 0 Å². The first-order valence-corrected chi connectivity index (χ1v) is 6.71. The summed E-state index contributed by atoms with van der Waals surface area (Å²) >= 11 is 0. The van der Waals surface area contributed by atoms with E-state index in [1.54, 1.807) is 18.2 Å². The number of nitrogens with zero attached hydrogens (tertiary/aromatic N) is 1. The third kappa shape index (κ3) is 3.38. The first-order valence-electron chi connectivity index (χ1n) is 6.71. The number of primary amides is 1. The maximum absolute atomic E-state index is 11.2. The molecule has 19 heavy (non-hydrogen) atoms. The Morgan fingerprint density at radius 1 is 1.47 bits per heavy atom. The molecule has 0 spiro atoms. The number of likely N-dealkylation sites (N-methyl/N-ethyl adjacent to an activating group) is 1. The van der Waals surface area contributed by atoms with Gasteiger partial charge in [-0.05, 0) is 44.6 Å². The molecule has 0 radical (unpaired) electrons. The molecule has 1 atom stereocenters. The van der Waals surface area contributed by atoms with Gasteiger partial charge in [0.25, 0.3) is 0 Å². The van der Waals surface area contributed by atoms with Crippen molar-refractivity contribution >= 4 is 17.3 Å². The monoisotopic (exact) mass is 262 g/mol. The number of nitrogens with one attached hydrogen (secondary N) is 1. The number of carbonyl (C=O) groups excluding carboxylic acids is 1. The van der Waals surface area contributed by atoms with Crippen LogP contribution in [0.25, 0.3) is 0 Å². The van der Waals surface area contributed by atoms with Crippen LogP contribution in [0.3, 0.4) is 0 Å². The number of piperidine rings is 1. The number of likely N-dealkylation sites (tertiary alicyclic amines) is 1. The van der Waals surface area contributed by atoms with Crippen LogP contribution in [-0.2, 0) is 0 Å². The SMILES string of the molecule is CN1CCCCC1CNc1cc(C(N)=O)ccc1N. The van der Waals surface area contributed by atoms with Crippen LogP contribution in [0.2, 0.25) is 0 Å². The lowest BCUT2D eigenvalue weighted by molar-refractivity contribution is 0.100. The molecule has 1 amide bonds. The average Bonchev–Trinajstić information content (AvgIpc) is 2.39. The number of rotatable bonds is 4. The van der Waals surface area contributed by atoms with E-state index in [1.807, 2.05) is 0 Å². The molecule has 5 N–H and O–H groups in total. The van der Waals surface area contributed by atoms with E-state index in [4.69, 9.17) is 11.5 Å². The summed E-state index contributed by atoms with van der Waals surface area (Å²) in [6.45, 7) is 1.98. The molecular weight excluding hydrogens is 240 g/mol. The summed E-state index contributed by atoms with van der Waals surface area (Å²) in [5, 5.41) is 3.33. The minimum absolute atomic E-state index is 0.433. The van der Waals surface area contributed by atoms with Gasteiger partial charge in [0, 0.05) is 18.2 Å². The summed E-state index contributed by atoms with van der Waals surface area (Å²) in [5.41, 5.74) is 13.1. The molecule has 1 aromatic rings. The van der Waals surface area contributed by atoms with Gasteiger partial charge in [0.05, 0.1) is 11.4 Å². The Kier molecular flexibility index (Phi) is 4.27. The van der Waals surface area contributed by atoms with Crippen LogP contribution in [0, 0.1) is 0 Å². The number of anilines is 2. The zero-order valence-corrected chi connectivity index (χ0v) is 11.4. The summed E-state index contributed by atoms with van der Waals surface area (Å²) in [7, 11) is 2.15. The van der Waals surface area contributed by atoms with Gasteiger partial charge >= 0.3 is 0 Å². The van der Waals surface area contributed by atoms with Crippen molar-refractivity contribution in [2.24, 2.45) is 5.73 Å². The summed E-state index contributed by atoms with van der Waals surface area (Å²) < 4.78 is 0. The second-order valence-electron chi connectivity index (χ2n) is 5.18. The van der Waals surface area contributed by atoms with E-state index < -0.39 is 5.91 Å². The number of nitrogen functional groups attached to an aromatic ring is 1. The van der Waals surface area contributed by atoms with Crippen LogP contribution in [0.4, 0.5) is 11.4 Å². The zero-order valence-electron chi connectivity index (χ0n) is 11.4. The van der Waals surface area contributed by atoms with Gasteiger partial charge in [-0.3, -0.25) is 4.79 Å². The Balaban J connectivity index is 2.02. The fourth-order valence-electron chi connectivity index (χ4n) is 2.49. The highest BCUT2D eigenvalue weighted by molar-refractivity contribution is 5.94. The van der Waals surface area contributed by atoms with Gasteiger partial charge < -0.3 is 21.7 Å². The van der Waals surface area contributed by atoms with E-state index in [1.165, 1.54) is 19.3 Å². The molecule has 1 heterocycles. The van der Waals surface area contributed by atoms with Gasteiger partial charge in [-0.25, -0.2) is 0 Å². The largest absolute Gasteiger partial charge is 0.397 e. The first-order chi connectivity index (χ1) is 9.08. The van der Waals surface area contributed by atoms with Crippen LogP contribution >= 0.6 is 0 Å². The number of carbonyl (C=O) groups is 1. The van der Waals surface area contributed by atoms with Crippen LogP contribution in [0.15, 0.2) is 18.2 Å². The van der Waals surface area contributed by atoms with E-state index in [0.717, 1.165) is 18.8 Å². The third-order valence-corrected chi connectivity index (χ3v) is 3.79. The molecule has 0 aromatic heterocycles. The Bertz CT molecular complexity index is 461. The minimum Gasteiger partial charge on any atom is -0.397 e. The lowest BCUT2D eigenvalue weighted by Crippen LogP contribution is -2.40. The predicted octanol–water partition coefficient (Wildman–Crippen LogP) is 1.26. The molecular formula is C14H22N4O. The van der Waals surface area contributed by atoms with Crippen molar-refractivity contribution < 1.29 is 4.79 Å². The highest BCUT2D eigenvalue weighted by atomic mass is 16.1. The first kappa shape index (κ1) is 13.7. The van der Waals surface area contributed by atoms with E-state index in [9.17, 15) is 4.79 Å². The maximum atomic E-state index is 11.2. The highest BCUT2D eigenvalue weighted by Gasteiger charge is 2.18. The maximum Gasteiger partial charge on any atom is 0.248 e. The van der Waals surface area contributed by atoms with Crippen molar-refractivity contribution in [1.82, 2.24) is 4.90 Å². The quantitative estimate of drug-likeness (QED) is 0.713. The smallest absolute Gasteiger partial charge is 0.248 e. The van der Waals surface area contributed by atoms with Crippen molar-refractivity contribution in [2.75, 3.05) is 31.2 Å². The van der Waals surface area contributed by atoms with Gasteiger partial charge in [-0.1, -0.05) is 6.42 Å². The molecule has 1 saturated heterocycles. The molecule has 1 aliphatic heterocycles. The lowest BCUT2D eigenvalue weighted by atomic mass is 10.0. The molecule has 1 aliphatic rings. The van der Waals surface area contributed by atoms with Crippen molar-refractivity contribution in [3.05, 3.63) is 23.8 Å². The number of benzene rings is 1. The number of nitrogens with two attached hydrogens (primary N) is 2. The molecule has 1 unspecified atom stereocenters. The fraction of sp³-hybridized carbons (Fsp3) is 0.500. The highest BCUT2D eigenvalue weighted by Crippen LogP contribution is 2.21. The topological polar surface area (TPSA) is 84.4 Å². The minimum atomic E-state index is -0.433. The second kappa shape index (κ2) is 5.93. The van der Waals surface area contributed by atoms with Crippen molar-refractivity contribution in [2.45, 2.75) is 25.3 Å². The molecule has 1 aromatic carbocycles. The summed E-state index contributed by atoms with van der Waals surface area (Å²) in [6, 6.07) is 5.61. The third-order valence-electron chi connectivity index (χ3n) is 3.79. The summed E-state index contributed by atoms with van der Waals surface area (Å²) in [4.78, 5) is 13.5. The van der Waals surface area contributed by atoms with Gasteiger partial charge in [0.1, 0.15) is 0 Å². The fourth-order valence-corrected chi connectivity index (χ4v) is 2.49. The molecule has 1 fully saturated rings. The van der Waals surface area contributed by atoms with E-state index in [0.29, 0.717) is 17.3 Å². The van der Waals surface area contributed by atoms with Crippen LogP contribution < -0.4 is 16.8 Å². The summed E-state index contributed by atoms with van der Waals surface area (Å²) in [5.74, 6) is -0.433. The zero-order chi connectivity index (χ0) is 13.8. The number of hydrogen-bond acceptors (Lipinski definition) is 4. The van der Waals surface area contributed by atoms with E-state index in [-0.39, 0.29) is 0 Å². The number of hydrogen-bond donors (Lipinski definition) is 3. The average molecular weight is 262 g/mol. The normalized spacial score (nSPS) is 20.2. The second-order valence-corrected chi connectivity index (χ2v) is 5.18. The number of amides is 1. The Hall–Kier alpha value is -1.75. The van der Waals surface area contributed by atoms with Gasteiger partial charge in [-0.2, -0.15) is 0 Å². The molecule has 5 nitrogen and oxygen atoms in total. The van der Waals surface area contributed by atoms with E-state index in [2.05, 4.69) is 17.3 Å². The molecule has 0 aliphatic carbocycles. The van der Waals surface area contributed by atoms with Crippen LogP contribution in [-0.4, -0.2) is 37.0 Å². The molecule has 0 saturated carbocycles. The van der Waals surface area contributed by atoms with Gasteiger partial charge in [-0.15, -0.1) is 0 Å². The Morgan fingerprint density at radius 3 is 2.95 bits per heavy atom. The predicted molar refractivity (Wildman–Crippen MR) is 78.1 cm³/mol. The Labute approximate surface area is 113 Å².